The normalized spacial score (nSPS) is 22.6. The number of carbonyl (C=O) groups excluding carboxylic acids is 2. The van der Waals surface area contributed by atoms with Crippen molar-refractivity contribution in [2.24, 2.45) is 0 Å². The second-order valence-corrected chi connectivity index (χ2v) is 5.45. The Morgan fingerprint density at radius 1 is 1.26 bits per heavy atom. The summed E-state index contributed by atoms with van der Waals surface area (Å²) in [5.41, 5.74) is -0.857. The Morgan fingerprint density at radius 2 is 1.84 bits per heavy atom. The van der Waals surface area contributed by atoms with Gasteiger partial charge in [0.1, 0.15) is 15.9 Å². The zero-order valence-corrected chi connectivity index (χ0v) is 12.6. The summed E-state index contributed by atoms with van der Waals surface area (Å²) in [6.45, 7) is 0. The maximum Gasteiger partial charge on any atom is 1.00 e. The summed E-state index contributed by atoms with van der Waals surface area (Å²) in [4.78, 5) is 20.1. The van der Waals surface area contributed by atoms with Gasteiger partial charge in [-0.1, -0.05) is 12.1 Å². The van der Waals surface area contributed by atoms with Gasteiger partial charge in [-0.25, -0.2) is 8.42 Å². The average molecular weight is 294 g/mol. The van der Waals surface area contributed by atoms with Gasteiger partial charge in [0, 0.05) is 5.56 Å². The number of ketones is 2. The smallest absolute Gasteiger partial charge is 0.745 e. The van der Waals surface area contributed by atoms with Crippen molar-refractivity contribution in [3.63, 3.8) is 0 Å². The summed E-state index contributed by atoms with van der Waals surface area (Å²) in [6, 6.07) is 3.40. The molecule has 0 saturated heterocycles. The number of rotatable bonds is 1. The van der Waals surface area contributed by atoms with Gasteiger partial charge in [-0.2, -0.15) is 0 Å². The summed E-state index contributed by atoms with van der Waals surface area (Å²) >= 11 is 0. The molecule has 0 heterocycles. The quantitative estimate of drug-likeness (QED) is 0.404. The van der Waals surface area contributed by atoms with Gasteiger partial charge in [0.2, 0.25) is 10.7 Å². The third-order valence-electron chi connectivity index (χ3n) is 2.73. The first-order valence-electron chi connectivity index (χ1n) is 4.76. The van der Waals surface area contributed by atoms with Gasteiger partial charge in [-0.05, 0) is 6.07 Å². The van der Waals surface area contributed by atoms with E-state index in [1.807, 2.05) is 0 Å². The Balaban J connectivity index is 0.00000180. The molecule has 1 aliphatic carbocycles. The van der Waals surface area contributed by atoms with Crippen LogP contribution in [0.25, 0.3) is 0 Å². The van der Waals surface area contributed by atoms with Crippen LogP contribution in [0.15, 0.2) is 18.2 Å². The van der Waals surface area contributed by atoms with Crippen molar-refractivity contribution in [3.8, 4) is 5.75 Å². The zero-order valence-electron chi connectivity index (χ0n) is 9.78. The van der Waals surface area contributed by atoms with E-state index >= 15 is 0 Å². The molecule has 0 fully saturated rings. The van der Waals surface area contributed by atoms with E-state index in [9.17, 15) is 32.8 Å². The summed E-state index contributed by atoms with van der Waals surface area (Å²) in [5.74, 6) is -2.89. The van der Waals surface area contributed by atoms with Crippen molar-refractivity contribution in [1.29, 1.82) is 0 Å². The van der Waals surface area contributed by atoms with Crippen molar-refractivity contribution >= 4 is 21.7 Å². The molecule has 96 valence electrons. The molecule has 0 bridgehead atoms. The van der Waals surface area contributed by atoms with Gasteiger partial charge >= 0.3 is 29.6 Å². The first kappa shape index (κ1) is 16.3. The predicted octanol–water partition coefficient (Wildman–Crippen LogP) is -3.60. The van der Waals surface area contributed by atoms with Crippen LogP contribution in [-0.2, 0) is 10.1 Å². The molecule has 0 aliphatic heterocycles. The van der Waals surface area contributed by atoms with Gasteiger partial charge in [0.15, 0.2) is 5.78 Å². The summed E-state index contributed by atoms with van der Waals surface area (Å²) < 4.78 is 32.8. The van der Waals surface area contributed by atoms with Crippen LogP contribution in [0.3, 0.4) is 0 Å². The van der Waals surface area contributed by atoms with Crippen molar-refractivity contribution in [3.05, 3.63) is 29.3 Å². The molecule has 1 aliphatic rings. The van der Waals surface area contributed by atoms with E-state index in [-0.39, 0.29) is 35.1 Å². The molecule has 1 unspecified atom stereocenters. The van der Waals surface area contributed by atoms with Gasteiger partial charge in [-0.3, -0.25) is 9.59 Å². The first-order chi connectivity index (χ1) is 8.18. The van der Waals surface area contributed by atoms with Crippen LogP contribution in [0.5, 0.6) is 5.75 Å². The third-order valence-corrected chi connectivity index (χ3v) is 3.89. The van der Waals surface area contributed by atoms with Crippen LogP contribution in [0.2, 0.25) is 0 Å². The van der Waals surface area contributed by atoms with Crippen LogP contribution >= 0.6 is 0 Å². The van der Waals surface area contributed by atoms with Crippen molar-refractivity contribution in [1.82, 2.24) is 0 Å². The standard InChI is InChI=1S/C10H8O7S.Na/c11-6-3-1-2-5-8(6)7(12)4-10(14,9(5)13)18(15,16)17;/h1-3,11,14H,4H2,(H,15,16,17);/q;+1/p-1. The summed E-state index contributed by atoms with van der Waals surface area (Å²) in [7, 11) is -5.41. The number of aromatic hydroxyl groups is 1. The summed E-state index contributed by atoms with van der Waals surface area (Å²) in [5, 5.41) is 19.1. The summed E-state index contributed by atoms with van der Waals surface area (Å²) in [6.07, 6.45) is -1.19. The number of phenols is 1. The van der Waals surface area contributed by atoms with Gasteiger partial charge < -0.3 is 14.8 Å². The fourth-order valence-corrected chi connectivity index (χ4v) is 2.47. The number of fused-ring (bicyclic) bond motifs is 1. The minimum absolute atomic E-state index is 0. The number of aliphatic hydroxyl groups is 1. The van der Waals surface area contributed by atoms with Crippen LogP contribution in [0, 0.1) is 0 Å². The number of hydrogen-bond acceptors (Lipinski definition) is 7. The first-order valence-corrected chi connectivity index (χ1v) is 6.17. The van der Waals surface area contributed by atoms with Gasteiger partial charge in [0.25, 0.3) is 0 Å². The number of benzene rings is 1. The van der Waals surface area contributed by atoms with Crippen molar-refractivity contribution in [2.75, 3.05) is 0 Å². The Bertz CT molecular complexity index is 666. The molecular weight excluding hydrogens is 287 g/mol. The SMILES string of the molecule is O=C1CC(O)(S(=O)(=O)[O-])C(=O)c2cccc(O)c21.[Na+]. The van der Waals surface area contributed by atoms with Crippen molar-refractivity contribution < 1.29 is 62.3 Å². The topological polar surface area (TPSA) is 132 Å². The number of hydrogen-bond donors (Lipinski definition) is 2. The third kappa shape index (κ3) is 2.35. The van der Waals surface area contributed by atoms with E-state index in [0.29, 0.717) is 0 Å². The molecule has 2 rings (SSSR count). The number of Topliss-reactive ketones (excluding diaryl/α,β-unsaturated/α-hetero) is 2. The maximum atomic E-state index is 11.8. The fraction of sp³-hybridized carbons (Fsp3) is 0.200. The van der Waals surface area contributed by atoms with Crippen LogP contribution in [0.4, 0.5) is 0 Å². The van der Waals surface area contributed by atoms with Crippen LogP contribution in [0.1, 0.15) is 27.1 Å². The van der Waals surface area contributed by atoms with E-state index in [1.54, 1.807) is 0 Å². The Kier molecular flexibility index (Phi) is 4.26. The average Bonchev–Trinajstić information content (AvgIpc) is 2.24. The second-order valence-electron chi connectivity index (χ2n) is 3.87. The van der Waals surface area contributed by atoms with E-state index in [4.69, 9.17) is 0 Å². The fourth-order valence-electron chi connectivity index (χ4n) is 1.82. The molecule has 2 N–H and O–H groups in total. The minimum Gasteiger partial charge on any atom is -0.745 e. The maximum absolute atomic E-state index is 11.8. The van der Waals surface area contributed by atoms with Gasteiger partial charge in [-0.15, -0.1) is 0 Å². The Hall–Kier alpha value is -0.770. The largest absolute Gasteiger partial charge is 1.00 e. The number of carbonyl (C=O) groups is 2. The van der Waals surface area contributed by atoms with E-state index in [2.05, 4.69) is 0 Å². The Morgan fingerprint density at radius 3 is 2.37 bits per heavy atom. The Labute approximate surface area is 130 Å². The molecule has 1 aromatic rings. The van der Waals surface area contributed by atoms with E-state index < -0.39 is 44.4 Å². The molecule has 0 spiro atoms. The predicted molar refractivity (Wildman–Crippen MR) is 56.0 cm³/mol. The zero-order chi connectivity index (χ0) is 13.7. The second kappa shape index (κ2) is 4.97. The molecule has 1 aromatic carbocycles. The van der Waals surface area contributed by atoms with Gasteiger partial charge in [0.05, 0.1) is 12.0 Å². The molecule has 0 aromatic heterocycles. The molecule has 9 heteroatoms. The molecule has 0 radical (unpaired) electrons. The van der Waals surface area contributed by atoms with E-state index in [0.717, 1.165) is 12.1 Å². The van der Waals surface area contributed by atoms with Crippen molar-refractivity contribution in [2.45, 2.75) is 11.4 Å². The van der Waals surface area contributed by atoms with Crippen LogP contribution < -0.4 is 29.6 Å². The molecule has 0 amide bonds. The molecule has 1 atom stereocenters. The van der Waals surface area contributed by atoms with E-state index in [1.165, 1.54) is 6.07 Å². The molecule has 7 nitrogen and oxygen atoms in total. The minimum atomic E-state index is -5.41. The van der Waals surface area contributed by atoms with Crippen LogP contribution in [-0.4, -0.2) is 39.7 Å². The monoisotopic (exact) mass is 294 g/mol. The molecular formula is C10H7NaO7S. The molecule has 19 heavy (non-hydrogen) atoms. The number of phenolic OH excluding ortho intramolecular Hbond substituents is 1. The molecule has 0 saturated carbocycles.